The summed E-state index contributed by atoms with van der Waals surface area (Å²) in [5.41, 5.74) is 3.75. The third-order valence-corrected chi connectivity index (χ3v) is 5.09. The van der Waals surface area contributed by atoms with Crippen LogP contribution in [0.25, 0.3) is 22.3 Å². The Morgan fingerprint density at radius 1 is 1.30 bits per heavy atom. The van der Waals surface area contributed by atoms with Crippen LogP contribution in [0.2, 0.25) is 4.34 Å². The first-order valence-corrected chi connectivity index (χ1v) is 9.23. The lowest BCUT2D eigenvalue weighted by Crippen LogP contribution is -2.08. The summed E-state index contributed by atoms with van der Waals surface area (Å²) >= 11 is 7.03. The van der Waals surface area contributed by atoms with Gasteiger partial charge in [0, 0.05) is 24.1 Å². The van der Waals surface area contributed by atoms with Crippen molar-refractivity contribution in [3.05, 3.63) is 57.7 Å². The summed E-state index contributed by atoms with van der Waals surface area (Å²) in [7, 11) is 1.80. The van der Waals surface area contributed by atoms with Crippen molar-refractivity contribution in [2.24, 2.45) is 7.05 Å². The van der Waals surface area contributed by atoms with Gasteiger partial charge < -0.3 is 4.74 Å². The van der Waals surface area contributed by atoms with Gasteiger partial charge in [-0.3, -0.25) is 4.68 Å². The van der Waals surface area contributed by atoms with Gasteiger partial charge in [0.15, 0.2) is 5.65 Å². The molecule has 0 saturated heterocycles. The Labute approximate surface area is 163 Å². The van der Waals surface area contributed by atoms with Crippen molar-refractivity contribution in [2.45, 2.75) is 13.5 Å². The number of carbonyl (C=O) groups is 1. The average Bonchev–Trinajstić information content (AvgIpc) is 3.22. The molecule has 3 heterocycles. The Bertz CT molecular complexity index is 1140. The molecule has 1 aromatic carbocycles. The molecule has 0 atom stereocenters. The van der Waals surface area contributed by atoms with E-state index in [2.05, 4.69) is 19.7 Å². The zero-order valence-electron chi connectivity index (χ0n) is 14.5. The van der Waals surface area contributed by atoms with E-state index in [1.54, 1.807) is 17.8 Å². The molecule has 0 aliphatic carbocycles. The Morgan fingerprint density at radius 2 is 2.07 bits per heavy atom. The molecular formula is C18H14ClN5O2S. The molecule has 0 N–H and O–H groups in total. The summed E-state index contributed by atoms with van der Waals surface area (Å²) in [6.07, 6.45) is 0. The molecule has 0 bridgehead atoms. The molecular weight excluding hydrogens is 386 g/mol. The molecule has 4 rings (SSSR count). The predicted octanol–water partition coefficient (Wildman–Crippen LogP) is 3.81. The number of fused-ring (bicyclic) bond motifs is 1. The van der Waals surface area contributed by atoms with Crippen LogP contribution in [0.3, 0.4) is 0 Å². The van der Waals surface area contributed by atoms with Gasteiger partial charge in [0.2, 0.25) is 0 Å². The van der Waals surface area contributed by atoms with Crippen molar-refractivity contribution < 1.29 is 9.53 Å². The number of hydrogen-bond acceptors (Lipinski definition) is 7. The first kappa shape index (κ1) is 17.6. The fourth-order valence-electron chi connectivity index (χ4n) is 2.86. The van der Waals surface area contributed by atoms with Gasteiger partial charge in [0.1, 0.15) is 16.6 Å². The monoisotopic (exact) mass is 399 g/mol. The number of ether oxygens (including phenoxy) is 1. The minimum absolute atomic E-state index is 0.0437. The van der Waals surface area contributed by atoms with Gasteiger partial charge in [0.25, 0.3) is 0 Å². The van der Waals surface area contributed by atoms with Crippen molar-refractivity contribution in [1.29, 1.82) is 0 Å². The van der Waals surface area contributed by atoms with Crippen LogP contribution in [0.5, 0.6) is 0 Å². The number of halogens is 1. The smallest absolute Gasteiger partial charge is 0.339 e. The van der Waals surface area contributed by atoms with Crippen LogP contribution in [0, 0.1) is 6.92 Å². The number of aryl methyl sites for hydroxylation is 2. The number of nitrogens with zero attached hydrogens (tertiary/aromatic N) is 5. The standard InChI is InChI=1S/C18H14ClN5O2S/c1-10-15-12(18(25)26-9-14-16(19)27-23-21-14)8-13(11-6-4-3-5-7-11)20-17(15)24(2)22-10/h3-8H,9H2,1-2H3. The Morgan fingerprint density at radius 3 is 2.78 bits per heavy atom. The molecule has 3 aromatic heterocycles. The number of esters is 1. The third-order valence-electron chi connectivity index (χ3n) is 4.11. The van der Waals surface area contributed by atoms with E-state index in [0.717, 1.165) is 17.1 Å². The van der Waals surface area contributed by atoms with Gasteiger partial charge in [-0.2, -0.15) is 5.10 Å². The SMILES string of the molecule is Cc1nn(C)c2nc(-c3ccccc3)cc(C(=O)OCc3nnsc3Cl)c12. The molecule has 0 unspecified atom stereocenters. The fraction of sp³-hybridized carbons (Fsp3) is 0.167. The summed E-state index contributed by atoms with van der Waals surface area (Å²) in [5, 5.41) is 8.93. The summed E-state index contributed by atoms with van der Waals surface area (Å²) in [6.45, 7) is 1.79. The Balaban J connectivity index is 1.78. The van der Waals surface area contributed by atoms with Gasteiger partial charge in [-0.15, -0.1) is 5.10 Å². The number of benzene rings is 1. The average molecular weight is 400 g/mol. The fourth-order valence-corrected chi connectivity index (χ4v) is 3.46. The van der Waals surface area contributed by atoms with E-state index in [0.29, 0.717) is 38.0 Å². The van der Waals surface area contributed by atoms with E-state index >= 15 is 0 Å². The molecule has 0 saturated carbocycles. The summed E-state index contributed by atoms with van der Waals surface area (Å²) in [6, 6.07) is 11.4. The maximum absolute atomic E-state index is 12.8. The maximum Gasteiger partial charge on any atom is 0.339 e. The van der Waals surface area contributed by atoms with Gasteiger partial charge in [-0.1, -0.05) is 46.4 Å². The summed E-state index contributed by atoms with van der Waals surface area (Å²) in [5.74, 6) is -0.486. The molecule has 0 amide bonds. The highest BCUT2D eigenvalue weighted by molar-refractivity contribution is 7.10. The van der Waals surface area contributed by atoms with Crippen LogP contribution in [0.4, 0.5) is 0 Å². The topological polar surface area (TPSA) is 82.8 Å². The van der Waals surface area contributed by atoms with E-state index in [1.165, 1.54) is 0 Å². The van der Waals surface area contributed by atoms with Crippen LogP contribution in [0.1, 0.15) is 21.7 Å². The molecule has 0 spiro atoms. The molecule has 136 valence electrons. The largest absolute Gasteiger partial charge is 0.455 e. The first-order chi connectivity index (χ1) is 13.0. The van der Waals surface area contributed by atoms with E-state index < -0.39 is 5.97 Å². The molecule has 4 aromatic rings. The minimum Gasteiger partial charge on any atom is -0.455 e. The van der Waals surface area contributed by atoms with Crippen LogP contribution in [0.15, 0.2) is 36.4 Å². The Hall–Kier alpha value is -2.84. The third kappa shape index (κ3) is 3.29. The maximum atomic E-state index is 12.8. The number of pyridine rings is 1. The highest BCUT2D eigenvalue weighted by Gasteiger charge is 2.21. The van der Waals surface area contributed by atoms with Crippen LogP contribution in [-0.4, -0.2) is 30.3 Å². The molecule has 0 aliphatic rings. The van der Waals surface area contributed by atoms with E-state index in [9.17, 15) is 4.79 Å². The van der Waals surface area contributed by atoms with Crippen molar-refractivity contribution in [3.63, 3.8) is 0 Å². The molecule has 0 fully saturated rings. The minimum atomic E-state index is -0.486. The van der Waals surface area contributed by atoms with E-state index in [1.807, 2.05) is 37.3 Å². The zero-order chi connectivity index (χ0) is 19.0. The second kappa shape index (κ2) is 7.05. The molecule has 0 aliphatic heterocycles. The lowest BCUT2D eigenvalue weighted by molar-refractivity contribution is 0.0470. The Kier molecular flexibility index (Phi) is 4.59. The zero-order valence-corrected chi connectivity index (χ0v) is 16.1. The van der Waals surface area contributed by atoms with Gasteiger partial charge in [-0.05, 0) is 13.0 Å². The van der Waals surface area contributed by atoms with E-state index in [-0.39, 0.29) is 6.61 Å². The number of aromatic nitrogens is 5. The summed E-state index contributed by atoms with van der Waals surface area (Å²) < 4.78 is 11.2. The predicted molar refractivity (Wildman–Crippen MR) is 103 cm³/mol. The molecule has 0 radical (unpaired) electrons. The molecule has 27 heavy (non-hydrogen) atoms. The number of carbonyl (C=O) groups excluding carboxylic acids is 1. The van der Waals surface area contributed by atoms with Crippen LogP contribution >= 0.6 is 23.1 Å². The second-order valence-electron chi connectivity index (χ2n) is 5.90. The van der Waals surface area contributed by atoms with Gasteiger partial charge in [0.05, 0.1) is 22.3 Å². The van der Waals surface area contributed by atoms with Crippen molar-refractivity contribution in [1.82, 2.24) is 24.4 Å². The second-order valence-corrected chi connectivity index (χ2v) is 7.25. The van der Waals surface area contributed by atoms with E-state index in [4.69, 9.17) is 16.3 Å². The normalized spacial score (nSPS) is 11.1. The lowest BCUT2D eigenvalue weighted by atomic mass is 10.1. The van der Waals surface area contributed by atoms with Crippen LogP contribution in [-0.2, 0) is 18.4 Å². The van der Waals surface area contributed by atoms with Crippen molar-refractivity contribution in [3.8, 4) is 11.3 Å². The first-order valence-electron chi connectivity index (χ1n) is 8.08. The summed E-state index contributed by atoms with van der Waals surface area (Å²) in [4.78, 5) is 17.5. The highest BCUT2D eigenvalue weighted by atomic mass is 35.5. The lowest BCUT2D eigenvalue weighted by Gasteiger charge is -2.08. The number of rotatable bonds is 4. The van der Waals surface area contributed by atoms with Gasteiger partial charge >= 0.3 is 5.97 Å². The van der Waals surface area contributed by atoms with Crippen molar-refractivity contribution in [2.75, 3.05) is 0 Å². The quantitative estimate of drug-likeness (QED) is 0.485. The molecule has 7 nitrogen and oxygen atoms in total. The van der Waals surface area contributed by atoms with Gasteiger partial charge in [-0.25, -0.2) is 9.78 Å². The molecule has 9 heteroatoms. The van der Waals surface area contributed by atoms with Crippen LogP contribution < -0.4 is 0 Å². The van der Waals surface area contributed by atoms with Crippen molar-refractivity contribution >= 4 is 40.1 Å². The highest BCUT2D eigenvalue weighted by Crippen LogP contribution is 2.28. The number of hydrogen-bond donors (Lipinski definition) is 0.